The number of halogens is 4. The molecule has 0 spiro atoms. The first kappa shape index (κ1) is 33.0. The first-order chi connectivity index (χ1) is 21.7. The Hall–Kier alpha value is -4.35. The van der Waals surface area contributed by atoms with Gasteiger partial charge in [0.25, 0.3) is 0 Å². The molecule has 1 saturated heterocycles. The molecule has 0 bridgehead atoms. The monoisotopic (exact) mass is 652 g/mol. The minimum Gasteiger partial charge on any atom is -0.465 e. The lowest BCUT2D eigenvalue weighted by Gasteiger charge is -2.39. The van der Waals surface area contributed by atoms with Gasteiger partial charge in [0.2, 0.25) is 5.95 Å². The zero-order chi connectivity index (χ0) is 33.3. The number of anilines is 4. The van der Waals surface area contributed by atoms with Crippen molar-refractivity contribution in [1.82, 2.24) is 14.9 Å². The van der Waals surface area contributed by atoms with E-state index in [9.17, 15) is 23.1 Å². The molecule has 3 aromatic carbocycles. The van der Waals surface area contributed by atoms with Gasteiger partial charge in [0.15, 0.2) is 0 Å². The fourth-order valence-corrected chi connectivity index (χ4v) is 6.25. The average Bonchev–Trinajstić information content (AvgIpc) is 2.98. The number of aryl methyl sites for hydroxylation is 3. The van der Waals surface area contributed by atoms with Gasteiger partial charge in [0.1, 0.15) is 5.82 Å². The number of carboxylic acid groups (broad SMARTS) is 1. The molecule has 46 heavy (non-hydrogen) atoms. The SMILES string of the molecule is Cc1cc(C)c(C(c2cc(C(F)(F)F)ccc2Cl)N(C(=O)O)c2ccnc(Nc3ccc(N4CCN(C)C(C)C4)cc3)n2)c(C)c1. The van der Waals surface area contributed by atoms with Gasteiger partial charge >= 0.3 is 12.3 Å². The molecule has 1 aromatic heterocycles. The normalized spacial score (nSPS) is 16.3. The highest BCUT2D eigenvalue weighted by Crippen LogP contribution is 2.42. The number of likely N-dealkylation sites (N-methyl/N-ethyl adjacent to an activating group) is 1. The second-order valence-electron chi connectivity index (χ2n) is 11.8. The lowest BCUT2D eigenvalue weighted by Crippen LogP contribution is -2.50. The minimum atomic E-state index is -4.67. The summed E-state index contributed by atoms with van der Waals surface area (Å²) in [6, 6.07) is 15.0. The van der Waals surface area contributed by atoms with Crippen molar-refractivity contribution in [3.05, 3.63) is 105 Å². The van der Waals surface area contributed by atoms with Crippen LogP contribution < -0.4 is 15.1 Å². The number of hydrogen-bond donors (Lipinski definition) is 2. The third kappa shape index (κ3) is 7.05. The van der Waals surface area contributed by atoms with Crippen LogP contribution in [0.3, 0.4) is 0 Å². The summed E-state index contributed by atoms with van der Waals surface area (Å²) in [5.41, 5.74) is 3.65. The average molecular weight is 653 g/mol. The molecule has 12 heteroatoms. The number of alkyl halides is 3. The number of nitrogens with one attached hydrogen (secondary N) is 1. The van der Waals surface area contributed by atoms with Crippen molar-refractivity contribution in [2.24, 2.45) is 0 Å². The fraction of sp³-hybridized carbons (Fsp3) is 0.324. The van der Waals surface area contributed by atoms with Gasteiger partial charge in [-0.15, -0.1) is 0 Å². The number of hydrogen-bond acceptors (Lipinski definition) is 6. The highest BCUT2D eigenvalue weighted by molar-refractivity contribution is 6.31. The van der Waals surface area contributed by atoms with E-state index in [-0.39, 0.29) is 22.4 Å². The van der Waals surface area contributed by atoms with Crippen LogP contribution in [0.2, 0.25) is 5.02 Å². The van der Waals surface area contributed by atoms with E-state index in [1.165, 1.54) is 12.3 Å². The number of aromatic nitrogens is 2. The van der Waals surface area contributed by atoms with Crippen LogP contribution in [-0.2, 0) is 6.18 Å². The third-order valence-electron chi connectivity index (χ3n) is 8.43. The zero-order valence-electron chi connectivity index (χ0n) is 26.2. The van der Waals surface area contributed by atoms with Crippen LogP contribution in [0.25, 0.3) is 0 Å². The minimum absolute atomic E-state index is 0.00846. The molecule has 1 aliphatic rings. The molecule has 2 atom stereocenters. The van der Waals surface area contributed by atoms with Gasteiger partial charge in [-0.2, -0.15) is 18.2 Å². The molecule has 0 radical (unpaired) electrons. The number of carbonyl (C=O) groups is 1. The summed E-state index contributed by atoms with van der Waals surface area (Å²) in [5, 5.41) is 13.7. The smallest absolute Gasteiger partial charge is 0.416 e. The molecular formula is C34H36ClF3N6O2. The number of amides is 1. The van der Waals surface area contributed by atoms with Crippen molar-refractivity contribution >= 4 is 40.8 Å². The lowest BCUT2D eigenvalue weighted by atomic mass is 9.88. The van der Waals surface area contributed by atoms with Crippen LogP contribution in [0.4, 0.5) is 41.1 Å². The number of nitrogens with zero attached hydrogens (tertiary/aromatic N) is 5. The summed E-state index contributed by atoms with van der Waals surface area (Å²) in [6.07, 6.45) is -4.69. The molecule has 4 aromatic rings. The first-order valence-electron chi connectivity index (χ1n) is 14.8. The standard InChI is InChI=1S/C34H36ClF3N6O2/c1-20-16-21(2)30(22(3)17-20)31(27-18-24(34(36,37)38)6-11-28(27)35)44(33(45)46)29-12-13-39-32(41-29)40-25-7-9-26(10-8-25)43-15-14-42(5)23(4)19-43/h6-13,16-18,23,31H,14-15,19H2,1-5H3,(H,45,46)(H,39,40,41). The molecule has 0 aliphatic carbocycles. The summed E-state index contributed by atoms with van der Waals surface area (Å²) in [5.74, 6) is 0.0851. The molecule has 1 aliphatic heterocycles. The largest absolute Gasteiger partial charge is 0.465 e. The van der Waals surface area contributed by atoms with Crippen LogP contribution in [-0.4, -0.2) is 58.8 Å². The fourth-order valence-electron chi connectivity index (χ4n) is 6.03. The molecule has 1 amide bonds. The molecule has 2 N–H and O–H groups in total. The van der Waals surface area contributed by atoms with Gasteiger partial charge in [0.05, 0.1) is 11.6 Å². The van der Waals surface area contributed by atoms with Gasteiger partial charge < -0.3 is 20.2 Å². The van der Waals surface area contributed by atoms with Crippen molar-refractivity contribution in [1.29, 1.82) is 0 Å². The second kappa shape index (κ2) is 13.2. The molecule has 242 valence electrons. The van der Waals surface area contributed by atoms with Crippen LogP contribution in [0.1, 0.15) is 46.3 Å². The van der Waals surface area contributed by atoms with E-state index in [0.29, 0.717) is 28.4 Å². The van der Waals surface area contributed by atoms with E-state index in [0.717, 1.165) is 54.0 Å². The summed E-state index contributed by atoms with van der Waals surface area (Å²) in [4.78, 5) is 27.4. The Morgan fingerprint density at radius 2 is 1.72 bits per heavy atom. The van der Waals surface area contributed by atoms with E-state index >= 15 is 0 Å². The van der Waals surface area contributed by atoms with E-state index in [2.05, 4.69) is 39.1 Å². The van der Waals surface area contributed by atoms with Crippen molar-refractivity contribution in [2.45, 2.75) is 46.0 Å². The molecular weight excluding hydrogens is 617 g/mol. The quantitative estimate of drug-likeness (QED) is 0.208. The predicted octanol–water partition coefficient (Wildman–Crippen LogP) is 8.23. The Labute approximate surface area is 271 Å². The molecule has 2 heterocycles. The van der Waals surface area contributed by atoms with E-state index in [4.69, 9.17) is 11.6 Å². The maximum atomic E-state index is 13.9. The summed E-state index contributed by atoms with van der Waals surface area (Å²) < 4.78 is 41.6. The Kier molecular flexibility index (Phi) is 9.46. The highest BCUT2D eigenvalue weighted by Gasteiger charge is 2.37. The van der Waals surface area contributed by atoms with Crippen molar-refractivity contribution in [3.63, 3.8) is 0 Å². The lowest BCUT2D eigenvalue weighted by molar-refractivity contribution is -0.137. The molecule has 0 saturated carbocycles. The summed E-state index contributed by atoms with van der Waals surface area (Å²) in [6.45, 7) is 10.5. The predicted molar refractivity (Wildman–Crippen MR) is 176 cm³/mol. The number of benzene rings is 3. The van der Waals surface area contributed by atoms with Gasteiger partial charge in [-0.25, -0.2) is 14.7 Å². The number of rotatable bonds is 7. The van der Waals surface area contributed by atoms with Crippen LogP contribution >= 0.6 is 11.6 Å². The van der Waals surface area contributed by atoms with Crippen LogP contribution in [0, 0.1) is 20.8 Å². The molecule has 5 rings (SSSR count). The van der Waals surface area contributed by atoms with E-state index < -0.39 is 23.9 Å². The highest BCUT2D eigenvalue weighted by atomic mass is 35.5. The van der Waals surface area contributed by atoms with Gasteiger partial charge in [-0.05, 0) is 106 Å². The Bertz CT molecular complexity index is 1710. The maximum Gasteiger partial charge on any atom is 0.416 e. The third-order valence-corrected chi connectivity index (χ3v) is 8.77. The Balaban J connectivity index is 1.54. The molecule has 2 unspecified atom stereocenters. The topological polar surface area (TPSA) is 84.8 Å². The van der Waals surface area contributed by atoms with Crippen LogP contribution in [0.5, 0.6) is 0 Å². The van der Waals surface area contributed by atoms with Crippen molar-refractivity contribution in [2.75, 3.05) is 41.8 Å². The van der Waals surface area contributed by atoms with Gasteiger partial charge in [0, 0.05) is 48.3 Å². The summed E-state index contributed by atoms with van der Waals surface area (Å²) >= 11 is 6.55. The van der Waals surface area contributed by atoms with Gasteiger partial charge in [-0.1, -0.05) is 29.3 Å². The van der Waals surface area contributed by atoms with Crippen LogP contribution in [0.15, 0.2) is 66.9 Å². The van der Waals surface area contributed by atoms with Crippen molar-refractivity contribution in [3.8, 4) is 0 Å². The van der Waals surface area contributed by atoms with Gasteiger partial charge in [-0.3, -0.25) is 0 Å². The van der Waals surface area contributed by atoms with E-state index in [1.54, 1.807) is 13.8 Å². The van der Waals surface area contributed by atoms with E-state index in [1.807, 2.05) is 43.3 Å². The number of piperazine rings is 1. The van der Waals surface area contributed by atoms with Crippen molar-refractivity contribution < 1.29 is 23.1 Å². The first-order valence-corrected chi connectivity index (χ1v) is 15.2. The molecule has 1 fully saturated rings. The Morgan fingerprint density at radius 3 is 2.33 bits per heavy atom. The summed E-state index contributed by atoms with van der Waals surface area (Å²) in [7, 11) is 2.12. The second-order valence-corrected chi connectivity index (χ2v) is 12.2. The zero-order valence-corrected chi connectivity index (χ0v) is 27.0. The maximum absolute atomic E-state index is 13.9. The molecule has 8 nitrogen and oxygen atoms in total. The Morgan fingerprint density at radius 1 is 1.04 bits per heavy atom.